The smallest absolute Gasteiger partial charge is 0.340 e. The van der Waals surface area contributed by atoms with Gasteiger partial charge in [0, 0.05) is 18.4 Å². The molecule has 29 heavy (non-hydrogen) atoms. The number of anilines is 1. The first-order valence-electron chi connectivity index (χ1n) is 9.40. The van der Waals surface area contributed by atoms with Crippen LogP contribution < -0.4 is 5.32 Å². The van der Waals surface area contributed by atoms with Gasteiger partial charge in [-0.2, -0.15) is 5.10 Å². The molecule has 1 N–H and O–H groups in total. The van der Waals surface area contributed by atoms with Crippen molar-refractivity contribution in [3.05, 3.63) is 58.6 Å². The molecule has 154 valence electrons. The number of ether oxygens (including phenoxy) is 1. The normalized spacial score (nSPS) is 12.1. The Hall–Kier alpha value is -3.29. The van der Waals surface area contributed by atoms with E-state index in [0.717, 1.165) is 22.8 Å². The zero-order valence-electron chi connectivity index (χ0n) is 17.6. The molecule has 0 unspecified atom stereocenters. The predicted molar refractivity (Wildman–Crippen MR) is 108 cm³/mol. The van der Waals surface area contributed by atoms with Gasteiger partial charge >= 0.3 is 5.97 Å². The highest BCUT2D eigenvalue weighted by Gasteiger charge is 2.24. The predicted octanol–water partition coefficient (Wildman–Crippen LogP) is 3.28. The van der Waals surface area contributed by atoms with E-state index in [4.69, 9.17) is 9.15 Å². The van der Waals surface area contributed by atoms with Crippen LogP contribution in [0.5, 0.6) is 0 Å². The third-order valence-electron chi connectivity index (χ3n) is 5.10. The molecular weight excluding hydrogens is 372 g/mol. The van der Waals surface area contributed by atoms with E-state index in [1.807, 2.05) is 44.4 Å². The third kappa shape index (κ3) is 4.11. The maximum absolute atomic E-state index is 12.7. The summed E-state index contributed by atoms with van der Waals surface area (Å²) in [6.07, 6.45) is 0.666. The largest absolute Gasteiger partial charge is 0.467 e. The van der Waals surface area contributed by atoms with Crippen molar-refractivity contribution in [1.82, 2.24) is 14.3 Å². The molecule has 3 aromatic rings. The van der Waals surface area contributed by atoms with Gasteiger partial charge in [0.05, 0.1) is 35.4 Å². The summed E-state index contributed by atoms with van der Waals surface area (Å²) in [5.74, 6) is -0.144. The fraction of sp³-hybridized carbons (Fsp3) is 0.381. The molecular formula is C21H26N4O4. The van der Waals surface area contributed by atoms with Crippen LogP contribution >= 0.6 is 0 Å². The van der Waals surface area contributed by atoms with Gasteiger partial charge in [0.15, 0.2) is 6.10 Å². The number of furan rings is 1. The Morgan fingerprint density at radius 1 is 1.24 bits per heavy atom. The summed E-state index contributed by atoms with van der Waals surface area (Å²) < 4.78 is 14.5. The highest BCUT2D eigenvalue weighted by atomic mass is 16.5. The standard InChI is InChI=1S/C21H26N4O4/c1-12-10-18(14(3)25(12)11-17-8-7-9-28-17)21(27)29-16(5)20(26)22-19-13(2)23-24(6)15(19)4/h7-10,16H,11H2,1-6H3,(H,22,26)/t16-/m1/s1. The van der Waals surface area contributed by atoms with Crippen LogP contribution in [-0.2, 0) is 23.1 Å². The van der Waals surface area contributed by atoms with Crippen molar-refractivity contribution in [3.63, 3.8) is 0 Å². The molecule has 0 bridgehead atoms. The number of hydrogen-bond donors (Lipinski definition) is 1. The molecule has 8 heteroatoms. The summed E-state index contributed by atoms with van der Waals surface area (Å²) in [6, 6.07) is 5.47. The molecule has 0 aromatic carbocycles. The molecule has 0 saturated heterocycles. The second kappa shape index (κ2) is 7.98. The van der Waals surface area contributed by atoms with Crippen LogP contribution in [0.3, 0.4) is 0 Å². The summed E-state index contributed by atoms with van der Waals surface area (Å²) in [7, 11) is 1.81. The minimum atomic E-state index is -0.949. The van der Waals surface area contributed by atoms with E-state index in [9.17, 15) is 9.59 Å². The summed E-state index contributed by atoms with van der Waals surface area (Å²) in [4.78, 5) is 25.2. The molecule has 1 amide bonds. The van der Waals surface area contributed by atoms with Crippen LogP contribution in [0, 0.1) is 27.7 Å². The number of nitrogens with one attached hydrogen (secondary N) is 1. The number of amides is 1. The Labute approximate surface area is 169 Å². The lowest BCUT2D eigenvalue weighted by molar-refractivity contribution is -0.123. The highest BCUT2D eigenvalue weighted by Crippen LogP contribution is 2.21. The number of aromatic nitrogens is 3. The monoisotopic (exact) mass is 398 g/mol. The van der Waals surface area contributed by atoms with Gasteiger partial charge in [-0.05, 0) is 52.8 Å². The molecule has 3 aromatic heterocycles. The van der Waals surface area contributed by atoms with E-state index in [1.54, 1.807) is 31.0 Å². The third-order valence-corrected chi connectivity index (χ3v) is 5.10. The van der Waals surface area contributed by atoms with Crippen molar-refractivity contribution in [3.8, 4) is 0 Å². The van der Waals surface area contributed by atoms with E-state index < -0.39 is 18.0 Å². The number of aryl methyl sites for hydroxylation is 3. The number of hydrogen-bond acceptors (Lipinski definition) is 5. The Morgan fingerprint density at radius 2 is 1.97 bits per heavy atom. The van der Waals surface area contributed by atoms with Crippen LogP contribution in [0.15, 0.2) is 28.9 Å². The summed E-state index contributed by atoms with van der Waals surface area (Å²) in [6.45, 7) is 9.51. The lowest BCUT2D eigenvalue weighted by Crippen LogP contribution is -2.30. The number of esters is 1. The first-order chi connectivity index (χ1) is 13.7. The van der Waals surface area contributed by atoms with E-state index in [1.165, 1.54) is 0 Å². The van der Waals surface area contributed by atoms with Crippen LogP contribution in [-0.4, -0.2) is 32.3 Å². The molecule has 0 aliphatic heterocycles. The van der Waals surface area contributed by atoms with E-state index in [0.29, 0.717) is 23.5 Å². The molecule has 0 fully saturated rings. The number of rotatable bonds is 6. The van der Waals surface area contributed by atoms with Crippen molar-refractivity contribution in [2.24, 2.45) is 7.05 Å². The topological polar surface area (TPSA) is 91.3 Å². The number of carbonyl (C=O) groups is 2. The minimum absolute atomic E-state index is 0.401. The van der Waals surface area contributed by atoms with Gasteiger partial charge in [0.2, 0.25) is 0 Å². The minimum Gasteiger partial charge on any atom is -0.467 e. The molecule has 0 aliphatic carbocycles. The zero-order valence-corrected chi connectivity index (χ0v) is 17.6. The summed E-state index contributed by atoms with van der Waals surface area (Å²) in [5, 5.41) is 7.07. The van der Waals surface area contributed by atoms with Gasteiger partial charge in [-0.3, -0.25) is 9.48 Å². The summed E-state index contributed by atoms with van der Waals surface area (Å²) >= 11 is 0. The number of carbonyl (C=O) groups excluding carboxylic acids is 2. The lowest BCUT2D eigenvalue weighted by Gasteiger charge is -2.14. The van der Waals surface area contributed by atoms with Crippen molar-refractivity contribution in [1.29, 1.82) is 0 Å². The van der Waals surface area contributed by atoms with Gasteiger partial charge in [-0.25, -0.2) is 4.79 Å². The second-order valence-corrected chi connectivity index (χ2v) is 7.16. The average Bonchev–Trinajstić information content (AvgIpc) is 3.34. The van der Waals surface area contributed by atoms with Gasteiger partial charge in [0.25, 0.3) is 5.91 Å². The van der Waals surface area contributed by atoms with Crippen molar-refractivity contribution in [2.75, 3.05) is 5.32 Å². The SMILES string of the molecule is Cc1nn(C)c(C)c1NC(=O)[C@@H](C)OC(=O)c1cc(C)n(Cc2ccco2)c1C. The summed E-state index contributed by atoms with van der Waals surface area (Å²) in [5.41, 5.74) is 4.27. The van der Waals surface area contributed by atoms with Crippen molar-refractivity contribution < 1.29 is 18.7 Å². The van der Waals surface area contributed by atoms with Crippen LogP contribution in [0.25, 0.3) is 0 Å². The molecule has 3 heterocycles. The lowest BCUT2D eigenvalue weighted by atomic mass is 10.2. The van der Waals surface area contributed by atoms with Gasteiger partial charge < -0.3 is 19.0 Å². The molecule has 3 rings (SSSR count). The first-order valence-corrected chi connectivity index (χ1v) is 9.40. The van der Waals surface area contributed by atoms with E-state index in [2.05, 4.69) is 10.4 Å². The Kier molecular flexibility index (Phi) is 5.63. The molecule has 1 atom stereocenters. The maximum atomic E-state index is 12.7. The number of nitrogens with zero attached hydrogens (tertiary/aromatic N) is 3. The molecule has 0 saturated carbocycles. The van der Waals surface area contributed by atoms with E-state index >= 15 is 0 Å². The van der Waals surface area contributed by atoms with E-state index in [-0.39, 0.29) is 0 Å². The molecule has 0 radical (unpaired) electrons. The van der Waals surface area contributed by atoms with Crippen LogP contribution in [0.2, 0.25) is 0 Å². The van der Waals surface area contributed by atoms with Gasteiger partial charge in [0.1, 0.15) is 5.76 Å². The fourth-order valence-corrected chi connectivity index (χ4v) is 3.27. The molecule has 0 spiro atoms. The van der Waals surface area contributed by atoms with Crippen molar-refractivity contribution in [2.45, 2.75) is 47.3 Å². The Morgan fingerprint density at radius 3 is 2.55 bits per heavy atom. The van der Waals surface area contributed by atoms with Crippen LogP contribution in [0.1, 0.15) is 45.8 Å². The van der Waals surface area contributed by atoms with Crippen molar-refractivity contribution >= 4 is 17.6 Å². The van der Waals surface area contributed by atoms with Crippen LogP contribution in [0.4, 0.5) is 5.69 Å². The Balaban J connectivity index is 1.70. The molecule has 0 aliphatic rings. The fourth-order valence-electron chi connectivity index (χ4n) is 3.27. The maximum Gasteiger partial charge on any atom is 0.340 e. The highest BCUT2D eigenvalue weighted by molar-refractivity contribution is 5.98. The van der Waals surface area contributed by atoms with Gasteiger partial charge in [-0.1, -0.05) is 0 Å². The Bertz CT molecular complexity index is 1040. The zero-order chi connectivity index (χ0) is 21.3. The average molecular weight is 398 g/mol. The van der Waals surface area contributed by atoms with Gasteiger partial charge in [-0.15, -0.1) is 0 Å². The first kappa shape index (κ1) is 20.4. The molecule has 8 nitrogen and oxygen atoms in total. The quantitative estimate of drug-likeness (QED) is 0.644. The second-order valence-electron chi connectivity index (χ2n) is 7.16.